The number of halogens is 1. The summed E-state index contributed by atoms with van der Waals surface area (Å²) >= 11 is 6.16. The van der Waals surface area contributed by atoms with Crippen molar-refractivity contribution < 1.29 is 0 Å². The van der Waals surface area contributed by atoms with Crippen LogP contribution in [0.4, 0.5) is 0 Å². The van der Waals surface area contributed by atoms with Crippen LogP contribution in [-0.2, 0) is 12.8 Å². The van der Waals surface area contributed by atoms with Crippen LogP contribution in [0.2, 0.25) is 5.02 Å². The van der Waals surface area contributed by atoms with Gasteiger partial charge < -0.3 is 4.40 Å². The number of imidazole rings is 1. The van der Waals surface area contributed by atoms with Crippen molar-refractivity contribution >= 4 is 28.0 Å². The number of aromatic nitrogens is 4. The maximum absolute atomic E-state index is 6.16. The average molecular weight is 351 g/mol. The number of hydrogen-bond acceptors (Lipinski definition) is 3. The molecule has 0 atom stereocenters. The summed E-state index contributed by atoms with van der Waals surface area (Å²) in [5.41, 5.74) is 4.94. The highest BCUT2D eigenvalue weighted by Crippen LogP contribution is 2.23. The summed E-state index contributed by atoms with van der Waals surface area (Å²) in [6.45, 7) is 5.95. The Morgan fingerprint density at radius 1 is 0.920 bits per heavy atom. The number of aryl methyl sites for hydroxylation is 5. The standard InChI is InChI=1S/C20H19ClN4/c1-12-19(21)13(2)23-18(22-12)9-8-17-14(3)25-11-10-15-6-4-5-7-16(15)20(25)24-17/h4-7,10-11H,8-9H2,1-3H3. The minimum absolute atomic E-state index is 0.652. The van der Waals surface area contributed by atoms with E-state index in [-0.39, 0.29) is 0 Å². The van der Waals surface area contributed by atoms with Gasteiger partial charge in [-0.1, -0.05) is 35.9 Å². The van der Waals surface area contributed by atoms with Crippen LogP contribution >= 0.6 is 11.6 Å². The van der Waals surface area contributed by atoms with Crippen LogP contribution in [0.15, 0.2) is 36.5 Å². The van der Waals surface area contributed by atoms with E-state index >= 15 is 0 Å². The smallest absolute Gasteiger partial charge is 0.145 e. The Balaban J connectivity index is 1.70. The molecule has 0 aliphatic carbocycles. The second kappa shape index (κ2) is 6.12. The topological polar surface area (TPSA) is 43.1 Å². The Labute approximate surface area is 151 Å². The highest BCUT2D eigenvalue weighted by atomic mass is 35.5. The fourth-order valence-electron chi connectivity index (χ4n) is 3.28. The van der Waals surface area contributed by atoms with E-state index in [9.17, 15) is 0 Å². The molecule has 0 saturated heterocycles. The maximum atomic E-state index is 6.16. The number of nitrogens with zero attached hydrogens (tertiary/aromatic N) is 4. The molecule has 0 saturated carbocycles. The van der Waals surface area contributed by atoms with E-state index in [0.717, 1.165) is 41.4 Å². The van der Waals surface area contributed by atoms with Crippen LogP contribution in [0.25, 0.3) is 16.4 Å². The zero-order valence-electron chi connectivity index (χ0n) is 14.5. The van der Waals surface area contributed by atoms with Crippen molar-refractivity contribution in [1.29, 1.82) is 0 Å². The Kier molecular flexibility index (Phi) is 3.92. The summed E-state index contributed by atoms with van der Waals surface area (Å²) in [5, 5.41) is 3.03. The molecule has 0 bridgehead atoms. The molecule has 3 heterocycles. The second-order valence-electron chi connectivity index (χ2n) is 6.37. The fourth-order valence-corrected chi connectivity index (χ4v) is 3.37. The third kappa shape index (κ3) is 2.76. The lowest BCUT2D eigenvalue weighted by Crippen LogP contribution is -2.03. The van der Waals surface area contributed by atoms with Crippen molar-refractivity contribution in [2.75, 3.05) is 0 Å². The van der Waals surface area contributed by atoms with Gasteiger partial charge in [0.25, 0.3) is 0 Å². The van der Waals surface area contributed by atoms with Gasteiger partial charge in [-0.05, 0) is 38.6 Å². The van der Waals surface area contributed by atoms with Gasteiger partial charge in [0.2, 0.25) is 0 Å². The first kappa shape index (κ1) is 16.0. The first-order chi connectivity index (χ1) is 12.0. The Morgan fingerprint density at radius 3 is 2.40 bits per heavy atom. The van der Waals surface area contributed by atoms with Crippen LogP contribution < -0.4 is 0 Å². The monoisotopic (exact) mass is 350 g/mol. The van der Waals surface area contributed by atoms with Crippen LogP contribution in [0, 0.1) is 20.8 Å². The largest absolute Gasteiger partial charge is 0.304 e. The third-order valence-electron chi connectivity index (χ3n) is 4.67. The minimum Gasteiger partial charge on any atom is -0.304 e. The molecule has 5 heteroatoms. The zero-order valence-corrected chi connectivity index (χ0v) is 15.3. The molecular formula is C20H19ClN4. The molecule has 0 N–H and O–H groups in total. The molecule has 0 spiro atoms. The quantitative estimate of drug-likeness (QED) is 0.540. The third-order valence-corrected chi connectivity index (χ3v) is 5.21. The zero-order chi connectivity index (χ0) is 17.6. The van der Waals surface area contributed by atoms with E-state index in [2.05, 4.69) is 57.8 Å². The molecule has 0 amide bonds. The molecule has 0 unspecified atom stereocenters. The van der Waals surface area contributed by atoms with E-state index in [1.165, 1.54) is 16.5 Å². The Hall–Kier alpha value is -2.46. The Morgan fingerprint density at radius 2 is 1.64 bits per heavy atom. The number of fused-ring (bicyclic) bond motifs is 3. The van der Waals surface area contributed by atoms with Crippen molar-refractivity contribution in [2.24, 2.45) is 0 Å². The van der Waals surface area contributed by atoms with Crippen molar-refractivity contribution in [3.63, 3.8) is 0 Å². The molecule has 0 fully saturated rings. The van der Waals surface area contributed by atoms with E-state index in [4.69, 9.17) is 16.6 Å². The second-order valence-corrected chi connectivity index (χ2v) is 6.74. The van der Waals surface area contributed by atoms with Crippen molar-refractivity contribution in [3.05, 3.63) is 70.2 Å². The van der Waals surface area contributed by atoms with Crippen molar-refractivity contribution in [2.45, 2.75) is 33.6 Å². The van der Waals surface area contributed by atoms with E-state index in [0.29, 0.717) is 5.02 Å². The summed E-state index contributed by atoms with van der Waals surface area (Å²) in [6.07, 6.45) is 3.65. The van der Waals surface area contributed by atoms with Gasteiger partial charge in [0.15, 0.2) is 0 Å². The number of pyridine rings is 1. The molecule has 25 heavy (non-hydrogen) atoms. The molecule has 4 rings (SSSR count). The summed E-state index contributed by atoms with van der Waals surface area (Å²) in [5.74, 6) is 0.820. The average Bonchev–Trinajstić information content (AvgIpc) is 2.94. The molecule has 1 aromatic carbocycles. The molecule has 4 nitrogen and oxygen atoms in total. The number of benzene rings is 1. The molecule has 3 aromatic heterocycles. The van der Waals surface area contributed by atoms with Gasteiger partial charge >= 0.3 is 0 Å². The van der Waals surface area contributed by atoms with Crippen molar-refractivity contribution in [1.82, 2.24) is 19.4 Å². The normalized spacial score (nSPS) is 11.5. The lowest BCUT2D eigenvalue weighted by Gasteiger charge is -2.05. The number of rotatable bonds is 3. The van der Waals surface area contributed by atoms with Gasteiger partial charge in [0.1, 0.15) is 11.5 Å². The molecule has 0 radical (unpaired) electrons. The van der Waals surface area contributed by atoms with Gasteiger partial charge in [-0.15, -0.1) is 0 Å². The molecular weight excluding hydrogens is 332 g/mol. The summed E-state index contributed by atoms with van der Waals surface area (Å²) in [7, 11) is 0. The van der Waals surface area contributed by atoms with Gasteiger partial charge in [-0.2, -0.15) is 0 Å². The first-order valence-corrected chi connectivity index (χ1v) is 8.77. The van der Waals surface area contributed by atoms with Gasteiger partial charge in [0, 0.05) is 23.7 Å². The molecule has 126 valence electrons. The van der Waals surface area contributed by atoms with Gasteiger partial charge in [-0.3, -0.25) is 0 Å². The molecule has 0 aliphatic rings. The summed E-state index contributed by atoms with van der Waals surface area (Å²) in [6, 6.07) is 10.5. The van der Waals surface area contributed by atoms with Crippen LogP contribution in [0.5, 0.6) is 0 Å². The number of hydrogen-bond donors (Lipinski definition) is 0. The predicted octanol–water partition coefficient (Wildman–Crippen LogP) is 4.64. The maximum Gasteiger partial charge on any atom is 0.145 e. The van der Waals surface area contributed by atoms with E-state index in [1.54, 1.807) is 0 Å². The minimum atomic E-state index is 0.652. The van der Waals surface area contributed by atoms with Crippen LogP contribution in [0.1, 0.15) is 28.6 Å². The first-order valence-electron chi connectivity index (χ1n) is 8.39. The molecule has 0 aliphatic heterocycles. The van der Waals surface area contributed by atoms with Crippen LogP contribution in [-0.4, -0.2) is 19.4 Å². The SMILES string of the molecule is Cc1nc(CCc2nc3c4ccccc4ccn3c2C)nc(C)c1Cl. The van der Waals surface area contributed by atoms with Crippen molar-refractivity contribution in [3.8, 4) is 0 Å². The summed E-state index contributed by atoms with van der Waals surface area (Å²) < 4.78 is 2.16. The predicted molar refractivity (Wildman–Crippen MR) is 101 cm³/mol. The fraction of sp³-hybridized carbons (Fsp3) is 0.250. The highest BCUT2D eigenvalue weighted by Gasteiger charge is 2.12. The van der Waals surface area contributed by atoms with Gasteiger partial charge in [0.05, 0.1) is 22.1 Å². The van der Waals surface area contributed by atoms with Gasteiger partial charge in [-0.25, -0.2) is 15.0 Å². The lowest BCUT2D eigenvalue weighted by molar-refractivity contribution is 0.816. The lowest BCUT2D eigenvalue weighted by atomic mass is 10.2. The highest BCUT2D eigenvalue weighted by molar-refractivity contribution is 6.31. The summed E-state index contributed by atoms with van der Waals surface area (Å²) in [4.78, 5) is 13.9. The van der Waals surface area contributed by atoms with Crippen LogP contribution in [0.3, 0.4) is 0 Å². The molecule has 4 aromatic rings. The Bertz CT molecular complexity index is 1070. The van der Waals surface area contributed by atoms with E-state index in [1.807, 2.05) is 13.8 Å². The van der Waals surface area contributed by atoms with E-state index < -0.39 is 0 Å².